The fourth-order valence-electron chi connectivity index (χ4n) is 1.87. The standard InChI is InChI=1S/C15H28N2O4/c1-7-9-15(5,13(20)21-6)17-11(18)8-10-16-12(19)14(2,3)4/h7-10H2,1-6H3,(H,16,19)(H,17,18). The first-order chi connectivity index (χ1) is 9.56. The SMILES string of the molecule is CCCC(C)(NC(=O)CCNC(=O)C(C)(C)C)C(=O)OC. The van der Waals surface area contributed by atoms with Gasteiger partial charge in [0, 0.05) is 18.4 Å². The van der Waals surface area contributed by atoms with Gasteiger partial charge in [0.15, 0.2) is 0 Å². The number of rotatable bonds is 7. The number of carbonyl (C=O) groups is 3. The summed E-state index contributed by atoms with van der Waals surface area (Å²) in [5.41, 5.74) is -1.51. The van der Waals surface area contributed by atoms with Crippen molar-refractivity contribution in [3.05, 3.63) is 0 Å². The van der Waals surface area contributed by atoms with Crippen molar-refractivity contribution in [2.75, 3.05) is 13.7 Å². The first-order valence-corrected chi connectivity index (χ1v) is 7.24. The van der Waals surface area contributed by atoms with Crippen LogP contribution in [0.4, 0.5) is 0 Å². The third-order valence-electron chi connectivity index (χ3n) is 3.12. The molecule has 0 aromatic heterocycles. The van der Waals surface area contributed by atoms with Gasteiger partial charge in [-0.1, -0.05) is 34.1 Å². The van der Waals surface area contributed by atoms with E-state index < -0.39 is 16.9 Å². The Morgan fingerprint density at radius 2 is 1.67 bits per heavy atom. The molecule has 2 N–H and O–H groups in total. The summed E-state index contributed by atoms with van der Waals surface area (Å²) < 4.78 is 4.73. The number of amides is 2. The highest BCUT2D eigenvalue weighted by molar-refractivity contribution is 5.88. The molecule has 0 aliphatic heterocycles. The lowest BCUT2D eigenvalue weighted by Gasteiger charge is -2.27. The van der Waals surface area contributed by atoms with Crippen molar-refractivity contribution in [3.8, 4) is 0 Å². The van der Waals surface area contributed by atoms with Gasteiger partial charge in [0.2, 0.25) is 11.8 Å². The molecule has 0 fully saturated rings. The maximum Gasteiger partial charge on any atom is 0.331 e. The van der Waals surface area contributed by atoms with Crippen LogP contribution < -0.4 is 10.6 Å². The maximum absolute atomic E-state index is 11.9. The fourth-order valence-corrected chi connectivity index (χ4v) is 1.87. The maximum atomic E-state index is 11.9. The van der Waals surface area contributed by atoms with E-state index in [1.165, 1.54) is 7.11 Å². The zero-order chi connectivity index (χ0) is 16.7. The van der Waals surface area contributed by atoms with Crippen molar-refractivity contribution in [1.82, 2.24) is 10.6 Å². The van der Waals surface area contributed by atoms with E-state index in [1.54, 1.807) is 27.7 Å². The Morgan fingerprint density at radius 3 is 2.10 bits per heavy atom. The second-order valence-electron chi connectivity index (χ2n) is 6.38. The van der Waals surface area contributed by atoms with Gasteiger partial charge in [-0.15, -0.1) is 0 Å². The molecule has 122 valence electrons. The van der Waals surface area contributed by atoms with Gasteiger partial charge < -0.3 is 15.4 Å². The lowest BCUT2D eigenvalue weighted by molar-refractivity contribution is -0.150. The molecule has 0 rings (SSSR count). The molecule has 21 heavy (non-hydrogen) atoms. The van der Waals surface area contributed by atoms with Crippen molar-refractivity contribution in [2.45, 2.75) is 59.4 Å². The molecule has 0 heterocycles. The fraction of sp³-hybridized carbons (Fsp3) is 0.800. The van der Waals surface area contributed by atoms with Gasteiger partial charge in [-0.3, -0.25) is 9.59 Å². The molecule has 2 amide bonds. The molecule has 0 spiro atoms. The Bertz CT molecular complexity index is 388. The Kier molecular flexibility index (Phi) is 7.39. The molecule has 0 aromatic rings. The number of hydrogen-bond donors (Lipinski definition) is 2. The minimum Gasteiger partial charge on any atom is -0.467 e. The van der Waals surface area contributed by atoms with Gasteiger partial charge in [0.05, 0.1) is 7.11 Å². The molecule has 0 aromatic carbocycles. The van der Waals surface area contributed by atoms with Gasteiger partial charge >= 0.3 is 5.97 Å². The van der Waals surface area contributed by atoms with E-state index in [9.17, 15) is 14.4 Å². The predicted octanol–water partition coefficient (Wildman–Crippen LogP) is 1.39. The van der Waals surface area contributed by atoms with Crippen LogP contribution >= 0.6 is 0 Å². The van der Waals surface area contributed by atoms with Gasteiger partial charge in [0.25, 0.3) is 0 Å². The van der Waals surface area contributed by atoms with Crippen LogP contribution in [0, 0.1) is 5.41 Å². The zero-order valence-electron chi connectivity index (χ0n) is 14.0. The third kappa shape index (κ3) is 6.60. The average Bonchev–Trinajstić information content (AvgIpc) is 2.36. The molecule has 0 aliphatic rings. The lowest BCUT2D eigenvalue weighted by atomic mass is 9.95. The van der Waals surface area contributed by atoms with Crippen LogP contribution in [-0.2, 0) is 19.1 Å². The van der Waals surface area contributed by atoms with Crippen LogP contribution in [0.5, 0.6) is 0 Å². The summed E-state index contributed by atoms with van der Waals surface area (Å²) in [6.07, 6.45) is 1.37. The van der Waals surface area contributed by atoms with Crippen molar-refractivity contribution < 1.29 is 19.1 Å². The van der Waals surface area contributed by atoms with Gasteiger partial charge in [-0.05, 0) is 13.3 Å². The van der Waals surface area contributed by atoms with Crippen LogP contribution in [0.25, 0.3) is 0 Å². The molecule has 0 saturated carbocycles. The minimum absolute atomic E-state index is 0.111. The second kappa shape index (κ2) is 8.00. The highest BCUT2D eigenvalue weighted by Gasteiger charge is 2.34. The summed E-state index contributed by atoms with van der Waals surface area (Å²) in [6.45, 7) is 9.23. The van der Waals surface area contributed by atoms with Crippen LogP contribution in [0.3, 0.4) is 0 Å². The first kappa shape index (κ1) is 19.4. The van der Waals surface area contributed by atoms with Crippen molar-refractivity contribution in [1.29, 1.82) is 0 Å². The van der Waals surface area contributed by atoms with Crippen LogP contribution in [0.1, 0.15) is 53.9 Å². The summed E-state index contributed by atoms with van der Waals surface area (Å²) >= 11 is 0. The van der Waals surface area contributed by atoms with Crippen LogP contribution in [-0.4, -0.2) is 37.0 Å². The summed E-state index contributed by atoms with van der Waals surface area (Å²) in [7, 11) is 1.30. The Morgan fingerprint density at radius 1 is 1.10 bits per heavy atom. The molecular weight excluding hydrogens is 272 g/mol. The van der Waals surface area contributed by atoms with E-state index in [0.717, 1.165) is 6.42 Å². The summed E-state index contributed by atoms with van der Waals surface area (Å²) in [5, 5.41) is 5.39. The summed E-state index contributed by atoms with van der Waals surface area (Å²) in [4.78, 5) is 35.4. The van der Waals surface area contributed by atoms with Crippen molar-refractivity contribution >= 4 is 17.8 Å². The van der Waals surface area contributed by atoms with E-state index in [2.05, 4.69) is 10.6 Å². The highest BCUT2D eigenvalue weighted by Crippen LogP contribution is 2.15. The quantitative estimate of drug-likeness (QED) is 0.696. The number of carbonyl (C=O) groups excluding carboxylic acids is 3. The number of esters is 1. The molecule has 0 saturated heterocycles. The molecule has 0 aliphatic carbocycles. The van der Waals surface area contributed by atoms with E-state index >= 15 is 0 Å². The Balaban J connectivity index is 4.41. The Hall–Kier alpha value is -1.59. The third-order valence-corrected chi connectivity index (χ3v) is 3.12. The monoisotopic (exact) mass is 300 g/mol. The van der Waals surface area contributed by atoms with Crippen LogP contribution in [0.2, 0.25) is 0 Å². The zero-order valence-corrected chi connectivity index (χ0v) is 14.0. The van der Waals surface area contributed by atoms with Crippen LogP contribution in [0.15, 0.2) is 0 Å². The van der Waals surface area contributed by atoms with E-state index in [-0.39, 0.29) is 24.8 Å². The smallest absolute Gasteiger partial charge is 0.331 e. The Labute approximate surface area is 127 Å². The number of methoxy groups -OCH3 is 1. The van der Waals surface area contributed by atoms with E-state index in [1.807, 2.05) is 6.92 Å². The minimum atomic E-state index is -1.02. The van der Waals surface area contributed by atoms with Gasteiger partial charge in [-0.2, -0.15) is 0 Å². The number of hydrogen-bond acceptors (Lipinski definition) is 4. The second-order valence-corrected chi connectivity index (χ2v) is 6.38. The van der Waals surface area contributed by atoms with E-state index in [4.69, 9.17) is 4.74 Å². The number of ether oxygens (including phenoxy) is 1. The normalized spacial score (nSPS) is 14.0. The molecule has 0 radical (unpaired) electrons. The van der Waals surface area contributed by atoms with Crippen molar-refractivity contribution in [3.63, 3.8) is 0 Å². The molecule has 6 heteroatoms. The molecule has 6 nitrogen and oxygen atoms in total. The number of nitrogens with one attached hydrogen (secondary N) is 2. The average molecular weight is 300 g/mol. The summed E-state index contributed by atoms with van der Waals surface area (Å²) in [6, 6.07) is 0. The molecular formula is C15H28N2O4. The molecule has 1 unspecified atom stereocenters. The van der Waals surface area contributed by atoms with Gasteiger partial charge in [-0.25, -0.2) is 4.79 Å². The van der Waals surface area contributed by atoms with Crippen molar-refractivity contribution in [2.24, 2.45) is 5.41 Å². The van der Waals surface area contributed by atoms with E-state index in [0.29, 0.717) is 6.42 Å². The largest absolute Gasteiger partial charge is 0.467 e. The van der Waals surface area contributed by atoms with Gasteiger partial charge in [0.1, 0.15) is 5.54 Å². The highest BCUT2D eigenvalue weighted by atomic mass is 16.5. The molecule has 0 bridgehead atoms. The predicted molar refractivity (Wildman–Crippen MR) is 80.6 cm³/mol. The lowest BCUT2D eigenvalue weighted by Crippen LogP contribution is -2.53. The molecule has 1 atom stereocenters. The first-order valence-electron chi connectivity index (χ1n) is 7.24. The topological polar surface area (TPSA) is 84.5 Å². The summed E-state index contributed by atoms with van der Waals surface area (Å²) in [5.74, 6) is -0.860.